The quantitative estimate of drug-likeness (QED) is 0.188. The van der Waals surface area contributed by atoms with Crippen LogP contribution in [0.3, 0.4) is 0 Å². The van der Waals surface area contributed by atoms with Crippen molar-refractivity contribution < 1.29 is 19.1 Å². The van der Waals surface area contributed by atoms with Gasteiger partial charge in [0.15, 0.2) is 0 Å². The summed E-state index contributed by atoms with van der Waals surface area (Å²) in [6.07, 6.45) is 9.83. The molecule has 3 aliphatic heterocycles. The van der Waals surface area contributed by atoms with Crippen LogP contribution in [0.2, 0.25) is 0 Å². The maximum Gasteiger partial charge on any atom is 0.257 e. The van der Waals surface area contributed by atoms with Gasteiger partial charge in [0.25, 0.3) is 5.91 Å². The van der Waals surface area contributed by atoms with Gasteiger partial charge in [-0.15, -0.1) is 21.5 Å². The molecule has 0 radical (unpaired) electrons. The van der Waals surface area contributed by atoms with Gasteiger partial charge in [-0.05, 0) is 85.9 Å². The maximum atomic E-state index is 14.2. The van der Waals surface area contributed by atoms with Crippen LogP contribution in [0, 0.1) is 12.8 Å². The van der Waals surface area contributed by atoms with E-state index >= 15 is 0 Å². The molecule has 0 saturated carbocycles. The van der Waals surface area contributed by atoms with Crippen molar-refractivity contribution in [1.82, 2.24) is 25.1 Å². The molecule has 0 bridgehead atoms. The third-order valence-electron chi connectivity index (χ3n) is 10.3. The number of carbonyl (C=O) groups excluding carboxylic acids is 1. The Morgan fingerprint density at radius 1 is 1.04 bits per heavy atom. The minimum Gasteiger partial charge on any atom is -0.421 e. The number of nitrogens with one attached hydrogen (secondary N) is 1. The summed E-state index contributed by atoms with van der Waals surface area (Å²) in [7, 11) is 1.00. The van der Waals surface area contributed by atoms with E-state index in [0.717, 1.165) is 122 Å². The zero-order valence-electron chi connectivity index (χ0n) is 27.4. The SMILES string of the molecule is CO.Cc1nnc(-c2c(CCC3CCOCC3)nc3c(c2-c2cc4ccnc(NC5CCc6ccccc65)c4s2)C(=O)N2CCCC32)o1. The van der Waals surface area contributed by atoms with Crippen LogP contribution in [0.1, 0.15) is 89.4 Å². The summed E-state index contributed by atoms with van der Waals surface area (Å²) < 4.78 is 12.9. The molecule has 248 valence electrons. The number of aliphatic hydroxyl groups is 1. The van der Waals surface area contributed by atoms with E-state index in [-0.39, 0.29) is 18.0 Å². The second-order valence-corrected chi connectivity index (χ2v) is 14.1. The van der Waals surface area contributed by atoms with Gasteiger partial charge in [-0.2, -0.15) is 0 Å². The highest BCUT2D eigenvalue weighted by atomic mass is 32.1. The van der Waals surface area contributed by atoms with Crippen LogP contribution in [0.25, 0.3) is 32.0 Å². The average Bonchev–Trinajstić information content (AvgIpc) is 3.96. The van der Waals surface area contributed by atoms with Crippen LogP contribution in [0.15, 0.2) is 47.0 Å². The average molecular weight is 665 g/mol. The van der Waals surface area contributed by atoms with Crippen LogP contribution in [0.5, 0.6) is 0 Å². The van der Waals surface area contributed by atoms with Crippen molar-refractivity contribution in [2.75, 3.05) is 32.2 Å². The van der Waals surface area contributed by atoms with E-state index in [1.165, 1.54) is 11.1 Å². The lowest BCUT2D eigenvalue weighted by molar-refractivity contribution is 0.0639. The largest absolute Gasteiger partial charge is 0.421 e. The first-order valence-corrected chi connectivity index (χ1v) is 17.9. The number of aryl methyl sites for hydroxylation is 3. The maximum absolute atomic E-state index is 14.2. The van der Waals surface area contributed by atoms with Gasteiger partial charge < -0.3 is 24.5 Å². The summed E-state index contributed by atoms with van der Waals surface area (Å²) in [6.45, 7) is 4.20. The van der Waals surface area contributed by atoms with Crippen molar-refractivity contribution in [3.63, 3.8) is 0 Å². The monoisotopic (exact) mass is 664 g/mol. The molecular weight excluding hydrogens is 625 g/mol. The summed E-state index contributed by atoms with van der Waals surface area (Å²) in [5, 5.41) is 20.6. The minimum atomic E-state index is 0.0252. The predicted molar refractivity (Wildman–Crippen MR) is 185 cm³/mol. The number of nitrogens with zero attached hydrogens (tertiary/aromatic N) is 5. The number of ether oxygens (including phenoxy) is 1. The van der Waals surface area contributed by atoms with Crippen molar-refractivity contribution in [3.8, 4) is 21.9 Å². The van der Waals surface area contributed by atoms with Crippen LogP contribution in [-0.2, 0) is 17.6 Å². The molecule has 2 N–H and O–H groups in total. The summed E-state index contributed by atoms with van der Waals surface area (Å²) in [4.78, 5) is 27.4. The number of fused-ring (bicyclic) bond motifs is 5. The molecular formula is C37H40N6O4S. The molecule has 11 heteroatoms. The van der Waals surface area contributed by atoms with Crippen molar-refractivity contribution in [3.05, 3.63) is 76.6 Å². The Hall–Kier alpha value is -4.19. The van der Waals surface area contributed by atoms with Gasteiger partial charge in [-0.1, -0.05) is 24.3 Å². The lowest BCUT2D eigenvalue weighted by Crippen LogP contribution is -2.22. The van der Waals surface area contributed by atoms with Gasteiger partial charge in [0.05, 0.1) is 39.3 Å². The summed E-state index contributed by atoms with van der Waals surface area (Å²) in [5.41, 5.74) is 6.99. The minimum absolute atomic E-state index is 0.0252. The zero-order valence-corrected chi connectivity index (χ0v) is 28.2. The number of amides is 1. The molecule has 2 unspecified atom stereocenters. The van der Waals surface area contributed by atoms with Gasteiger partial charge in [0.2, 0.25) is 11.8 Å². The van der Waals surface area contributed by atoms with E-state index < -0.39 is 0 Å². The lowest BCUT2D eigenvalue weighted by Gasteiger charge is -2.22. The molecule has 0 spiro atoms. The van der Waals surface area contributed by atoms with Gasteiger partial charge in [0, 0.05) is 50.4 Å². The first kappa shape index (κ1) is 31.1. The number of aliphatic hydroxyl groups excluding tert-OH is 1. The smallest absolute Gasteiger partial charge is 0.257 e. The van der Waals surface area contributed by atoms with Crippen molar-refractivity contribution in [1.29, 1.82) is 0 Å². The molecule has 2 atom stereocenters. The topological polar surface area (TPSA) is 126 Å². The Morgan fingerprint density at radius 3 is 2.73 bits per heavy atom. The number of thiophene rings is 1. The third kappa shape index (κ3) is 5.38. The van der Waals surface area contributed by atoms with Crippen LogP contribution < -0.4 is 5.32 Å². The second kappa shape index (κ2) is 13.0. The van der Waals surface area contributed by atoms with E-state index in [9.17, 15) is 4.79 Å². The molecule has 7 heterocycles. The Labute approximate surface area is 283 Å². The third-order valence-corrected chi connectivity index (χ3v) is 11.5. The molecule has 4 aromatic heterocycles. The molecule has 9 rings (SSSR count). The fourth-order valence-corrected chi connectivity index (χ4v) is 9.21. The first-order valence-electron chi connectivity index (χ1n) is 17.1. The normalized spacial score (nSPS) is 20.1. The number of hydrogen-bond acceptors (Lipinski definition) is 10. The Morgan fingerprint density at radius 2 is 1.90 bits per heavy atom. The summed E-state index contributed by atoms with van der Waals surface area (Å²) >= 11 is 1.68. The molecule has 4 aliphatic rings. The first-order chi connectivity index (χ1) is 23.6. The van der Waals surface area contributed by atoms with Crippen LogP contribution >= 0.6 is 11.3 Å². The van der Waals surface area contributed by atoms with E-state index in [2.05, 4.69) is 51.9 Å². The van der Waals surface area contributed by atoms with Crippen molar-refractivity contribution in [2.45, 2.75) is 70.4 Å². The van der Waals surface area contributed by atoms with Gasteiger partial charge in [-0.3, -0.25) is 9.78 Å². The van der Waals surface area contributed by atoms with Crippen molar-refractivity contribution in [2.24, 2.45) is 5.92 Å². The predicted octanol–water partition coefficient (Wildman–Crippen LogP) is 7.07. The van der Waals surface area contributed by atoms with Crippen LogP contribution in [0.4, 0.5) is 5.82 Å². The Balaban J connectivity index is 0.00000165. The lowest BCUT2D eigenvalue weighted by atomic mass is 9.90. The fourth-order valence-electron chi connectivity index (χ4n) is 8.04. The molecule has 1 amide bonds. The fraction of sp³-hybridized carbons (Fsp3) is 0.432. The summed E-state index contributed by atoms with van der Waals surface area (Å²) in [6, 6.07) is 13.2. The highest BCUT2D eigenvalue weighted by Gasteiger charge is 2.45. The number of carbonyl (C=O) groups is 1. The van der Waals surface area contributed by atoms with E-state index in [4.69, 9.17) is 24.2 Å². The highest BCUT2D eigenvalue weighted by Crippen LogP contribution is 2.50. The highest BCUT2D eigenvalue weighted by molar-refractivity contribution is 7.23. The number of anilines is 1. The van der Waals surface area contributed by atoms with Gasteiger partial charge in [-0.25, -0.2) is 4.98 Å². The van der Waals surface area contributed by atoms with Gasteiger partial charge in [0.1, 0.15) is 5.82 Å². The van der Waals surface area contributed by atoms with E-state index in [1.807, 2.05) is 18.0 Å². The Kier molecular flexibility index (Phi) is 8.44. The molecule has 10 nitrogen and oxygen atoms in total. The van der Waals surface area contributed by atoms with Crippen molar-refractivity contribution >= 4 is 33.1 Å². The second-order valence-electron chi connectivity index (χ2n) is 13.1. The molecule has 2 saturated heterocycles. The van der Waals surface area contributed by atoms with E-state index in [1.54, 1.807) is 11.3 Å². The van der Waals surface area contributed by atoms with Crippen LogP contribution in [-0.4, -0.2) is 62.9 Å². The summed E-state index contributed by atoms with van der Waals surface area (Å²) in [5.74, 6) is 2.45. The number of aromatic nitrogens is 4. The number of benzene rings is 1. The Bertz CT molecular complexity index is 1980. The molecule has 48 heavy (non-hydrogen) atoms. The zero-order chi connectivity index (χ0) is 32.8. The molecule has 1 aliphatic carbocycles. The van der Waals surface area contributed by atoms with Gasteiger partial charge >= 0.3 is 0 Å². The van der Waals surface area contributed by atoms with E-state index in [0.29, 0.717) is 23.3 Å². The molecule has 5 aromatic rings. The number of hydrogen-bond donors (Lipinski definition) is 2. The number of pyridine rings is 2. The molecule has 1 aromatic carbocycles. The molecule has 2 fully saturated rings. The standard InChI is InChI=1S/C36H36N6O3S.CH4O/c1-20-40-41-35(45-20)29-26(10-8-21-13-17-44-18-14-21)38-32-27-7-4-16-42(27)36(43)31(32)30(29)28-19-23-12-15-37-34(33(23)46-28)39-25-11-9-22-5-2-3-6-24(22)25;1-2/h2-3,5-6,12,15,19,21,25,27H,4,7-11,13-14,16-18H2,1H3,(H,37,39);2H,1H3. The number of rotatable bonds is 7.